The zero-order chi connectivity index (χ0) is 72.1. The number of aliphatic hydroxyl groups excluding tert-OH is 1. The molecule has 0 aromatic heterocycles. The van der Waals surface area contributed by atoms with Crippen molar-refractivity contribution in [2.45, 2.75) is 432 Å². The van der Waals surface area contributed by atoms with Crippen molar-refractivity contribution in [1.29, 1.82) is 0 Å². The summed E-state index contributed by atoms with van der Waals surface area (Å²) >= 11 is 0. The zero-order valence-electron chi connectivity index (χ0n) is 64.1. The fourth-order valence-electron chi connectivity index (χ4n) is 12.2. The van der Waals surface area contributed by atoms with Gasteiger partial charge in [-0.25, -0.2) is 9.13 Å². The van der Waals surface area contributed by atoms with Crippen LogP contribution in [0.3, 0.4) is 0 Å². The van der Waals surface area contributed by atoms with Gasteiger partial charge in [-0.05, 0) is 37.5 Å². The van der Waals surface area contributed by atoms with Crippen LogP contribution < -0.4 is 0 Å². The van der Waals surface area contributed by atoms with Crippen molar-refractivity contribution in [3.05, 3.63) is 0 Å². The van der Waals surface area contributed by atoms with E-state index in [1.54, 1.807) is 0 Å². The van der Waals surface area contributed by atoms with Gasteiger partial charge in [0.25, 0.3) is 0 Å². The highest BCUT2D eigenvalue weighted by molar-refractivity contribution is 7.47. The Labute approximate surface area is 600 Å². The van der Waals surface area contributed by atoms with E-state index in [1.165, 1.54) is 225 Å². The fourth-order valence-corrected chi connectivity index (χ4v) is 13.8. The number of rotatable bonds is 78. The second-order valence-corrected chi connectivity index (χ2v) is 32.3. The van der Waals surface area contributed by atoms with Crippen molar-refractivity contribution in [2.75, 3.05) is 39.6 Å². The molecule has 0 amide bonds. The van der Waals surface area contributed by atoms with Crippen LogP contribution in [-0.4, -0.2) is 96.7 Å². The molecule has 2 unspecified atom stereocenters. The van der Waals surface area contributed by atoms with E-state index in [1.807, 2.05) is 0 Å². The molecule has 0 heterocycles. The summed E-state index contributed by atoms with van der Waals surface area (Å²) in [6.07, 6.45) is 60.1. The molecule has 0 rings (SSSR count). The maximum atomic E-state index is 13.1. The zero-order valence-corrected chi connectivity index (χ0v) is 65.9. The van der Waals surface area contributed by atoms with Gasteiger partial charge < -0.3 is 33.8 Å². The summed E-state index contributed by atoms with van der Waals surface area (Å²) in [6.45, 7) is 9.49. The van der Waals surface area contributed by atoms with Gasteiger partial charge in [0.2, 0.25) is 0 Å². The highest BCUT2D eigenvalue weighted by Crippen LogP contribution is 2.45. The summed E-state index contributed by atoms with van der Waals surface area (Å²) in [6, 6.07) is 0. The van der Waals surface area contributed by atoms with Crippen LogP contribution >= 0.6 is 15.6 Å². The Bertz CT molecular complexity index is 1890. The predicted molar refractivity (Wildman–Crippen MR) is 400 cm³/mol. The smallest absolute Gasteiger partial charge is 0.462 e. The lowest BCUT2D eigenvalue weighted by atomic mass is 10.0. The Balaban J connectivity index is 5.20. The molecule has 0 spiro atoms. The summed E-state index contributed by atoms with van der Waals surface area (Å²) in [5.74, 6) is -0.716. The number of unbranched alkanes of at least 4 members (excludes halogenated alkanes) is 48. The Morgan fingerprint density at radius 2 is 0.469 bits per heavy atom. The monoisotopic (exact) mass is 1440 g/mol. The SMILES string of the molecule is CCCCCCCCCCCCCCCCCCCCCC(=O)OC[C@H](COP(=O)(O)OC[C@@H](O)COP(=O)(O)OC[C@@H](COC(=O)CCCCCCCCCC(C)C)OC(=O)CCCCCCCCCC(C)C)OC(=O)CCCCCCCCCCCCCCCCCCCCC. The molecule has 0 fully saturated rings. The van der Waals surface area contributed by atoms with Crippen molar-refractivity contribution in [3.8, 4) is 0 Å². The van der Waals surface area contributed by atoms with Crippen molar-refractivity contribution in [2.24, 2.45) is 11.8 Å². The molecule has 5 atom stereocenters. The molecule has 0 aromatic carbocycles. The fraction of sp³-hybridized carbons (Fsp3) is 0.949. The van der Waals surface area contributed by atoms with Crippen LogP contribution in [0.5, 0.6) is 0 Å². The van der Waals surface area contributed by atoms with Gasteiger partial charge in [0.1, 0.15) is 19.3 Å². The van der Waals surface area contributed by atoms with Gasteiger partial charge in [-0.1, -0.05) is 363 Å². The van der Waals surface area contributed by atoms with E-state index in [0.29, 0.717) is 37.5 Å². The Kier molecular flexibility index (Phi) is 69.3. The largest absolute Gasteiger partial charge is 0.472 e. The van der Waals surface area contributed by atoms with Crippen molar-refractivity contribution in [3.63, 3.8) is 0 Å². The van der Waals surface area contributed by atoms with Gasteiger partial charge in [0, 0.05) is 25.7 Å². The van der Waals surface area contributed by atoms with E-state index in [4.69, 9.17) is 37.0 Å². The topological polar surface area (TPSA) is 237 Å². The Morgan fingerprint density at radius 1 is 0.276 bits per heavy atom. The number of carbonyl (C=O) groups excluding carboxylic acids is 4. The van der Waals surface area contributed by atoms with Gasteiger partial charge >= 0.3 is 39.5 Å². The second-order valence-electron chi connectivity index (χ2n) is 29.4. The van der Waals surface area contributed by atoms with Gasteiger partial charge in [-0.3, -0.25) is 37.3 Å². The predicted octanol–water partition coefficient (Wildman–Crippen LogP) is 23.5. The lowest BCUT2D eigenvalue weighted by Gasteiger charge is -2.21. The number of phosphoric ester groups is 2. The second kappa shape index (κ2) is 70.7. The number of phosphoric acid groups is 2. The quantitative estimate of drug-likeness (QED) is 0.0222. The first-order chi connectivity index (χ1) is 47.4. The molecular weight excluding hydrogens is 1280 g/mol. The van der Waals surface area contributed by atoms with Gasteiger partial charge in [-0.15, -0.1) is 0 Å². The van der Waals surface area contributed by atoms with Crippen LogP contribution in [0.25, 0.3) is 0 Å². The van der Waals surface area contributed by atoms with Crippen LogP contribution in [0.4, 0.5) is 0 Å². The van der Waals surface area contributed by atoms with E-state index < -0.39 is 97.5 Å². The molecule has 0 aliphatic carbocycles. The maximum absolute atomic E-state index is 13.1. The average Bonchev–Trinajstić information content (AvgIpc) is 1.28. The van der Waals surface area contributed by atoms with E-state index in [-0.39, 0.29) is 25.7 Å². The third-order valence-corrected chi connectivity index (χ3v) is 20.4. The van der Waals surface area contributed by atoms with Crippen LogP contribution in [0.1, 0.15) is 414 Å². The normalized spacial score (nSPS) is 13.9. The van der Waals surface area contributed by atoms with E-state index in [0.717, 1.165) is 96.3 Å². The molecule has 3 N–H and O–H groups in total. The third kappa shape index (κ3) is 72.4. The molecule has 0 aromatic rings. The third-order valence-electron chi connectivity index (χ3n) is 18.5. The summed E-state index contributed by atoms with van der Waals surface area (Å²) in [7, 11) is -9.91. The molecule has 582 valence electrons. The lowest BCUT2D eigenvalue weighted by Crippen LogP contribution is -2.30. The standard InChI is InChI=1S/C79H154O17P2/c1-7-9-11-13-15-17-19-21-23-25-27-29-31-33-35-37-43-49-55-61-76(81)89-67-74(95-78(83)63-57-51-44-38-36-34-32-30-28-26-24-22-20-18-16-14-12-10-8-2)69-93-97(85,86)91-65-73(80)66-92-98(87,88)94-70-75(96-79(84)64-58-52-46-40-42-48-54-60-72(5)6)68-90-77(82)62-56-50-45-39-41-47-53-59-71(3)4/h71-75,80H,7-70H2,1-6H3,(H,85,86)(H,87,88)/t73-,74-,75-/m1/s1. The Morgan fingerprint density at radius 3 is 0.694 bits per heavy atom. The average molecular weight is 1440 g/mol. The minimum absolute atomic E-state index is 0.103. The molecule has 0 bridgehead atoms. The summed E-state index contributed by atoms with van der Waals surface area (Å²) < 4.78 is 68.6. The Hall–Kier alpha value is -1.94. The summed E-state index contributed by atoms with van der Waals surface area (Å²) in [5.41, 5.74) is 0. The highest BCUT2D eigenvalue weighted by Gasteiger charge is 2.30. The summed E-state index contributed by atoms with van der Waals surface area (Å²) in [5, 5.41) is 10.6. The lowest BCUT2D eigenvalue weighted by molar-refractivity contribution is -0.161. The minimum Gasteiger partial charge on any atom is -0.462 e. The summed E-state index contributed by atoms with van der Waals surface area (Å²) in [4.78, 5) is 72.8. The molecule has 0 saturated carbocycles. The number of hydrogen-bond acceptors (Lipinski definition) is 15. The first-order valence-electron chi connectivity index (χ1n) is 41.0. The van der Waals surface area contributed by atoms with E-state index in [2.05, 4.69) is 41.5 Å². The number of hydrogen-bond donors (Lipinski definition) is 3. The molecule has 0 saturated heterocycles. The molecule has 0 aliphatic heterocycles. The number of aliphatic hydroxyl groups is 1. The van der Waals surface area contributed by atoms with Crippen molar-refractivity contribution < 1.29 is 80.2 Å². The van der Waals surface area contributed by atoms with Crippen LogP contribution in [-0.2, 0) is 65.4 Å². The molecule has 0 radical (unpaired) electrons. The first kappa shape index (κ1) is 96.1. The highest BCUT2D eigenvalue weighted by atomic mass is 31.2. The van der Waals surface area contributed by atoms with Crippen LogP contribution in [0.2, 0.25) is 0 Å². The maximum Gasteiger partial charge on any atom is 0.472 e. The molecule has 98 heavy (non-hydrogen) atoms. The molecule has 0 aliphatic rings. The molecule has 17 nitrogen and oxygen atoms in total. The minimum atomic E-state index is -4.96. The van der Waals surface area contributed by atoms with Crippen LogP contribution in [0.15, 0.2) is 0 Å². The van der Waals surface area contributed by atoms with E-state index in [9.17, 15) is 43.2 Å². The van der Waals surface area contributed by atoms with Gasteiger partial charge in [0.05, 0.1) is 26.4 Å². The number of esters is 4. The van der Waals surface area contributed by atoms with Gasteiger partial charge in [-0.2, -0.15) is 0 Å². The molecular formula is C79H154O17P2. The first-order valence-corrected chi connectivity index (χ1v) is 44.0. The van der Waals surface area contributed by atoms with Crippen molar-refractivity contribution >= 4 is 39.5 Å². The number of carbonyl (C=O) groups is 4. The number of ether oxygens (including phenoxy) is 4. The van der Waals surface area contributed by atoms with E-state index >= 15 is 0 Å². The van der Waals surface area contributed by atoms with Gasteiger partial charge in [0.15, 0.2) is 12.2 Å². The van der Waals surface area contributed by atoms with Crippen LogP contribution in [0, 0.1) is 11.8 Å². The van der Waals surface area contributed by atoms with Crippen molar-refractivity contribution in [1.82, 2.24) is 0 Å². The molecule has 19 heteroatoms.